The summed E-state index contributed by atoms with van der Waals surface area (Å²) in [7, 11) is 0. The number of carbonyl (C=O) groups is 1. The van der Waals surface area contributed by atoms with Gasteiger partial charge in [0.2, 0.25) is 5.91 Å². The first-order valence-electron chi connectivity index (χ1n) is 23.4. The number of aliphatic hydroxyl groups is 8. The van der Waals surface area contributed by atoms with Gasteiger partial charge in [-0.15, -0.1) is 0 Å². The fourth-order valence-corrected chi connectivity index (χ4v) is 7.97. The van der Waals surface area contributed by atoms with Crippen molar-refractivity contribution in [2.75, 3.05) is 19.8 Å². The lowest BCUT2D eigenvalue weighted by atomic mass is 9.97. The van der Waals surface area contributed by atoms with Crippen LogP contribution >= 0.6 is 0 Å². The first-order valence-corrected chi connectivity index (χ1v) is 23.4. The lowest BCUT2D eigenvalue weighted by Crippen LogP contribution is -2.65. The summed E-state index contributed by atoms with van der Waals surface area (Å²) in [6.07, 6.45) is 19.5. The topological polar surface area (TPSA) is 228 Å². The van der Waals surface area contributed by atoms with E-state index in [9.17, 15) is 45.6 Å². The third-order valence-corrected chi connectivity index (χ3v) is 11.8. The fraction of sp³-hybridized carbons (Fsp3) is 0.933. The molecule has 2 rings (SSSR count). The Morgan fingerprint density at radius 1 is 0.593 bits per heavy atom. The van der Waals surface area contributed by atoms with E-state index in [0.29, 0.717) is 0 Å². The number of rotatable bonds is 35. The molecule has 14 heteroatoms. The van der Waals surface area contributed by atoms with E-state index in [4.69, 9.17) is 18.9 Å². The van der Waals surface area contributed by atoms with Crippen LogP contribution in [-0.4, -0.2) is 140 Å². The third-order valence-electron chi connectivity index (χ3n) is 11.8. The van der Waals surface area contributed by atoms with Crippen molar-refractivity contribution >= 4 is 5.91 Å². The predicted octanol–water partition coefficient (Wildman–Crippen LogP) is 4.82. The summed E-state index contributed by atoms with van der Waals surface area (Å²) >= 11 is 0. The zero-order valence-electron chi connectivity index (χ0n) is 36.5. The van der Waals surface area contributed by atoms with E-state index in [1.807, 2.05) is 6.08 Å². The molecule has 2 aliphatic rings. The standard InChI is InChI=1S/C45H85NO13/c1-3-4-5-6-7-8-9-10-11-12-13-14-15-16-17-18-19-20-21-22-23-24-25-26-27-28-29-35(50)34(46-33(2)49)32-56-44-42(55)40(53)43(37(31-48)58-44)59-45-41(54)39(52)38(51)36(30-47)57-45/h28-29,34-45,47-48,50-55H,3-27,30-32H2,1-2H3,(H,46,49)/b29-28+. The van der Waals surface area contributed by atoms with Crippen LogP contribution in [0.5, 0.6) is 0 Å². The van der Waals surface area contributed by atoms with Crippen molar-refractivity contribution in [1.82, 2.24) is 5.32 Å². The lowest BCUT2D eigenvalue weighted by Gasteiger charge is -2.46. The van der Waals surface area contributed by atoms with Gasteiger partial charge in [0.1, 0.15) is 48.8 Å². The molecule has 0 aromatic heterocycles. The summed E-state index contributed by atoms with van der Waals surface area (Å²) in [5.74, 6) is -0.414. The van der Waals surface area contributed by atoms with Crippen molar-refractivity contribution < 1.29 is 64.6 Å². The average molecular weight is 848 g/mol. The number of ether oxygens (including phenoxy) is 4. The number of hydrogen-bond donors (Lipinski definition) is 9. The highest BCUT2D eigenvalue weighted by Crippen LogP contribution is 2.30. The van der Waals surface area contributed by atoms with E-state index in [-0.39, 0.29) is 6.61 Å². The Morgan fingerprint density at radius 2 is 1.02 bits per heavy atom. The van der Waals surface area contributed by atoms with E-state index in [1.54, 1.807) is 6.08 Å². The van der Waals surface area contributed by atoms with E-state index in [2.05, 4.69) is 12.2 Å². The first-order chi connectivity index (χ1) is 28.5. The molecular weight excluding hydrogens is 762 g/mol. The second kappa shape index (κ2) is 33.3. The highest BCUT2D eigenvalue weighted by Gasteiger charge is 2.50. The van der Waals surface area contributed by atoms with Crippen molar-refractivity contribution in [2.24, 2.45) is 0 Å². The summed E-state index contributed by atoms with van der Waals surface area (Å²) in [5.41, 5.74) is 0. The molecule has 9 N–H and O–H groups in total. The Hall–Kier alpha value is -1.27. The van der Waals surface area contributed by atoms with E-state index < -0.39 is 92.7 Å². The van der Waals surface area contributed by atoms with E-state index in [1.165, 1.54) is 148 Å². The van der Waals surface area contributed by atoms with Crippen molar-refractivity contribution in [3.05, 3.63) is 12.2 Å². The quantitative estimate of drug-likeness (QED) is 0.0308. The molecule has 0 radical (unpaired) electrons. The van der Waals surface area contributed by atoms with Crippen LogP contribution in [0.25, 0.3) is 0 Å². The first kappa shape index (κ1) is 53.9. The van der Waals surface area contributed by atoms with Gasteiger partial charge in [-0.2, -0.15) is 0 Å². The van der Waals surface area contributed by atoms with Crippen molar-refractivity contribution in [3.63, 3.8) is 0 Å². The molecule has 2 saturated heterocycles. The lowest BCUT2D eigenvalue weighted by molar-refractivity contribution is -0.359. The highest BCUT2D eigenvalue weighted by molar-refractivity contribution is 5.73. The minimum Gasteiger partial charge on any atom is -0.394 e. The van der Waals surface area contributed by atoms with Crippen LogP contribution in [0.3, 0.4) is 0 Å². The molecule has 12 unspecified atom stereocenters. The highest BCUT2D eigenvalue weighted by atomic mass is 16.7. The van der Waals surface area contributed by atoms with Crippen LogP contribution in [0.4, 0.5) is 0 Å². The maximum Gasteiger partial charge on any atom is 0.217 e. The van der Waals surface area contributed by atoms with Crippen LogP contribution in [-0.2, 0) is 23.7 Å². The van der Waals surface area contributed by atoms with E-state index in [0.717, 1.165) is 19.3 Å². The largest absolute Gasteiger partial charge is 0.394 e. The Morgan fingerprint density at radius 3 is 1.46 bits per heavy atom. The monoisotopic (exact) mass is 848 g/mol. The van der Waals surface area contributed by atoms with Gasteiger partial charge in [0.15, 0.2) is 12.6 Å². The molecule has 12 atom stereocenters. The molecule has 0 aromatic rings. The maximum absolute atomic E-state index is 11.9. The van der Waals surface area contributed by atoms with Crippen LogP contribution in [0.1, 0.15) is 174 Å². The second-order valence-electron chi connectivity index (χ2n) is 17.0. The van der Waals surface area contributed by atoms with Crippen LogP contribution < -0.4 is 5.32 Å². The van der Waals surface area contributed by atoms with Gasteiger partial charge >= 0.3 is 0 Å². The molecule has 2 heterocycles. The number of amides is 1. The predicted molar refractivity (Wildman–Crippen MR) is 226 cm³/mol. The number of nitrogens with one attached hydrogen (secondary N) is 1. The zero-order valence-corrected chi connectivity index (χ0v) is 36.5. The van der Waals surface area contributed by atoms with Crippen LogP contribution in [0, 0.1) is 0 Å². The summed E-state index contributed by atoms with van der Waals surface area (Å²) < 4.78 is 22.2. The molecule has 0 aromatic carbocycles. The van der Waals surface area contributed by atoms with Gasteiger partial charge in [-0.25, -0.2) is 0 Å². The number of hydrogen-bond acceptors (Lipinski definition) is 13. The number of unbranched alkanes of at least 4 members (excludes halogenated alkanes) is 24. The number of allylic oxidation sites excluding steroid dienone is 1. The Labute approximate surface area is 355 Å². The Balaban J connectivity index is 1.54. The molecule has 14 nitrogen and oxygen atoms in total. The average Bonchev–Trinajstić information content (AvgIpc) is 3.22. The van der Waals surface area contributed by atoms with Crippen molar-refractivity contribution in [2.45, 2.75) is 248 Å². The molecule has 2 aliphatic heterocycles. The summed E-state index contributed by atoms with van der Waals surface area (Å²) in [4.78, 5) is 11.9. The number of carbonyl (C=O) groups excluding carboxylic acids is 1. The molecule has 0 aliphatic carbocycles. The smallest absolute Gasteiger partial charge is 0.217 e. The Kier molecular flexibility index (Phi) is 30.4. The Bertz CT molecular complexity index is 1050. The summed E-state index contributed by atoms with van der Waals surface area (Å²) in [6, 6.07) is -0.911. The summed E-state index contributed by atoms with van der Waals surface area (Å²) in [5, 5.41) is 85.0. The molecule has 0 saturated carbocycles. The normalized spacial score (nSPS) is 28.6. The van der Waals surface area contributed by atoms with E-state index >= 15 is 0 Å². The van der Waals surface area contributed by atoms with Crippen molar-refractivity contribution in [3.8, 4) is 0 Å². The minimum absolute atomic E-state index is 0.310. The van der Waals surface area contributed by atoms with Gasteiger partial charge < -0.3 is 65.1 Å². The second-order valence-corrected chi connectivity index (χ2v) is 17.0. The molecule has 0 spiro atoms. The van der Waals surface area contributed by atoms with Crippen LogP contribution in [0.15, 0.2) is 12.2 Å². The van der Waals surface area contributed by atoms with Gasteiger partial charge in [0, 0.05) is 6.92 Å². The van der Waals surface area contributed by atoms with Crippen molar-refractivity contribution in [1.29, 1.82) is 0 Å². The fourth-order valence-electron chi connectivity index (χ4n) is 7.97. The third kappa shape index (κ3) is 22.1. The number of aliphatic hydroxyl groups excluding tert-OH is 8. The zero-order chi connectivity index (χ0) is 43.3. The van der Waals surface area contributed by atoms with Gasteiger partial charge in [-0.1, -0.05) is 167 Å². The molecule has 348 valence electrons. The van der Waals surface area contributed by atoms with Gasteiger partial charge in [-0.05, 0) is 12.8 Å². The SMILES string of the molecule is CCCCCCCCCCCCCCCCCCCCCCCCCC/C=C/C(O)C(COC1OC(CO)C(OC2OC(CO)C(O)C(O)C2O)C(O)C1O)NC(C)=O. The minimum atomic E-state index is -1.78. The molecule has 2 fully saturated rings. The molecule has 1 amide bonds. The van der Waals surface area contributed by atoms with Gasteiger partial charge in [-0.3, -0.25) is 4.79 Å². The summed E-state index contributed by atoms with van der Waals surface area (Å²) in [6.45, 7) is 1.85. The van der Waals surface area contributed by atoms with Gasteiger partial charge in [0.05, 0.1) is 32.0 Å². The van der Waals surface area contributed by atoms with Crippen LogP contribution in [0.2, 0.25) is 0 Å². The van der Waals surface area contributed by atoms with Gasteiger partial charge in [0.25, 0.3) is 0 Å². The molecular formula is C45H85NO13. The molecule has 0 bridgehead atoms. The molecule has 59 heavy (non-hydrogen) atoms. The maximum atomic E-state index is 11.9.